The summed E-state index contributed by atoms with van der Waals surface area (Å²) in [5.74, 6) is -0.939. The lowest BCUT2D eigenvalue weighted by Gasteiger charge is -1.98. The molecule has 4 nitrogen and oxygen atoms in total. The van der Waals surface area contributed by atoms with E-state index in [4.69, 9.17) is 5.11 Å². The molecule has 1 N–H and O–H groups in total. The normalized spacial score (nSPS) is 11.4. The number of rotatable bonds is 4. The van der Waals surface area contributed by atoms with E-state index in [1.165, 1.54) is 11.3 Å². The van der Waals surface area contributed by atoms with Crippen LogP contribution in [-0.4, -0.2) is 16.1 Å². The largest absolute Gasteiger partial charge is 0.478 e. The standard InChI is InChI=1S/C21H12N2O2S2/c22-12-15(20-23-17-3-1-2-4-19(17)27-20)11-16-9-10-18(26-16)13-5-7-14(8-6-13)21(24)25/h1-11H,(H,24,25)/b15-11+. The predicted molar refractivity (Wildman–Crippen MR) is 110 cm³/mol. The number of hydrogen-bond acceptors (Lipinski definition) is 5. The van der Waals surface area contributed by atoms with Crippen molar-refractivity contribution in [1.82, 2.24) is 4.98 Å². The van der Waals surface area contributed by atoms with Crippen molar-refractivity contribution in [2.75, 3.05) is 0 Å². The van der Waals surface area contributed by atoms with Gasteiger partial charge in [0.25, 0.3) is 0 Å². The van der Waals surface area contributed by atoms with Crippen LogP contribution in [0.5, 0.6) is 0 Å². The molecule has 4 rings (SSSR count). The number of aromatic nitrogens is 1. The molecule has 4 aromatic rings. The maximum atomic E-state index is 11.0. The summed E-state index contributed by atoms with van der Waals surface area (Å²) in [7, 11) is 0. The van der Waals surface area contributed by atoms with Gasteiger partial charge in [-0.1, -0.05) is 24.3 Å². The third kappa shape index (κ3) is 3.51. The summed E-state index contributed by atoms with van der Waals surface area (Å²) < 4.78 is 1.05. The molecule has 2 aromatic carbocycles. The van der Waals surface area contributed by atoms with Gasteiger partial charge in [-0.3, -0.25) is 0 Å². The molecule has 2 heterocycles. The first-order chi connectivity index (χ1) is 13.1. The van der Waals surface area contributed by atoms with Gasteiger partial charge in [0.2, 0.25) is 0 Å². The summed E-state index contributed by atoms with van der Waals surface area (Å²) in [6, 6.07) is 20.8. The van der Waals surface area contributed by atoms with Crippen molar-refractivity contribution in [2.24, 2.45) is 0 Å². The van der Waals surface area contributed by atoms with Crippen LogP contribution in [-0.2, 0) is 0 Å². The molecule has 0 radical (unpaired) electrons. The topological polar surface area (TPSA) is 74.0 Å². The van der Waals surface area contributed by atoms with Crippen molar-refractivity contribution in [3.8, 4) is 16.5 Å². The second-order valence-corrected chi connectivity index (χ2v) is 7.89. The van der Waals surface area contributed by atoms with E-state index in [0.717, 1.165) is 25.5 Å². The van der Waals surface area contributed by atoms with E-state index in [1.54, 1.807) is 35.6 Å². The molecule has 0 atom stereocenters. The number of nitriles is 1. The highest BCUT2D eigenvalue weighted by molar-refractivity contribution is 7.19. The fourth-order valence-corrected chi connectivity index (χ4v) is 4.52. The van der Waals surface area contributed by atoms with Crippen LogP contribution in [0.2, 0.25) is 0 Å². The molecule has 0 saturated heterocycles. The quantitative estimate of drug-likeness (QED) is 0.449. The number of thiophene rings is 1. The van der Waals surface area contributed by atoms with E-state index in [-0.39, 0.29) is 5.56 Å². The summed E-state index contributed by atoms with van der Waals surface area (Å²) in [6.07, 6.45) is 1.84. The van der Waals surface area contributed by atoms with Crippen LogP contribution >= 0.6 is 22.7 Å². The second-order valence-electron chi connectivity index (χ2n) is 5.74. The van der Waals surface area contributed by atoms with Gasteiger partial charge in [-0.2, -0.15) is 5.26 Å². The van der Waals surface area contributed by atoms with Gasteiger partial charge >= 0.3 is 5.97 Å². The van der Waals surface area contributed by atoms with Crippen molar-refractivity contribution in [2.45, 2.75) is 0 Å². The third-order valence-corrected chi connectivity index (χ3v) is 6.13. The molecule has 2 aromatic heterocycles. The number of nitrogens with zero attached hydrogens (tertiary/aromatic N) is 2. The van der Waals surface area contributed by atoms with E-state index in [0.29, 0.717) is 10.6 Å². The van der Waals surface area contributed by atoms with Gasteiger partial charge in [-0.05, 0) is 48.0 Å². The van der Waals surface area contributed by atoms with Gasteiger partial charge < -0.3 is 5.11 Å². The Labute approximate surface area is 163 Å². The van der Waals surface area contributed by atoms with Crippen molar-refractivity contribution < 1.29 is 9.90 Å². The van der Waals surface area contributed by atoms with Crippen LogP contribution in [0, 0.1) is 11.3 Å². The summed E-state index contributed by atoms with van der Waals surface area (Å²) in [5, 5.41) is 19.3. The summed E-state index contributed by atoms with van der Waals surface area (Å²) >= 11 is 3.05. The zero-order valence-corrected chi connectivity index (χ0v) is 15.6. The molecule has 0 unspecified atom stereocenters. The fraction of sp³-hybridized carbons (Fsp3) is 0. The average molecular weight is 388 g/mol. The maximum absolute atomic E-state index is 11.0. The molecule has 0 aliphatic carbocycles. The van der Waals surface area contributed by atoms with Crippen LogP contribution in [0.25, 0.3) is 32.3 Å². The first-order valence-electron chi connectivity index (χ1n) is 8.05. The lowest BCUT2D eigenvalue weighted by atomic mass is 10.1. The van der Waals surface area contributed by atoms with Crippen LogP contribution in [0.4, 0.5) is 0 Å². The van der Waals surface area contributed by atoms with Gasteiger partial charge in [0.1, 0.15) is 11.1 Å². The highest BCUT2D eigenvalue weighted by Gasteiger charge is 2.10. The Morgan fingerprint density at radius 2 is 1.81 bits per heavy atom. The first-order valence-corrected chi connectivity index (χ1v) is 9.68. The number of hydrogen-bond donors (Lipinski definition) is 1. The average Bonchev–Trinajstić information content (AvgIpc) is 3.33. The highest BCUT2D eigenvalue weighted by atomic mass is 32.1. The van der Waals surface area contributed by atoms with Crippen molar-refractivity contribution in [1.29, 1.82) is 5.26 Å². The number of para-hydroxylation sites is 1. The van der Waals surface area contributed by atoms with E-state index in [2.05, 4.69) is 11.1 Å². The number of allylic oxidation sites excluding steroid dienone is 1. The van der Waals surface area contributed by atoms with Gasteiger partial charge in [0.15, 0.2) is 0 Å². The minimum absolute atomic E-state index is 0.262. The summed E-state index contributed by atoms with van der Waals surface area (Å²) in [6.45, 7) is 0. The van der Waals surface area contributed by atoms with Crippen molar-refractivity contribution in [3.05, 3.63) is 76.1 Å². The highest BCUT2D eigenvalue weighted by Crippen LogP contribution is 2.32. The Kier molecular flexibility index (Phi) is 4.55. The molecule has 0 fully saturated rings. The van der Waals surface area contributed by atoms with E-state index >= 15 is 0 Å². The maximum Gasteiger partial charge on any atom is 0.335 e. The lowest BCUT2D eigenvalue weighted by molar-refractivity contribution is 0.0697. The first kappa shape index (κ1) is 17.2. The van der Waals surface area contributed by atoms with Crippen LogP contribution in [0.3, 0.4) is 0 Å². The lowest BCUT2D eigenvalue weighted by Crippen LogP contribution is -1.94. The number of benzene rings is 2. The number of carbonyl (C=O) groups is 1. The molecule has 0 aliphatic heterocycles. The van der Waals surface area contributed by atoms with Crippen molar-refractivity contribution in [3.63, 3.8) is 0 Å². The number of carboxylic acids is 1. The zero-order chi connectivity index (χ0) is 18.8. The minimum atomic E-state index is -0.939. The monoisotopic (exact) mass is 388 g/mol. The third-order valence-electron chi connectivity index (χ3n) is 3.97. The predicted octanol–water partition coefficient (Wildman–Crippen LogP) is 5.79. The summed E-state index contributed by atoms with van der Waals surface area (Å²) in [4.78, 5) is 17.5. The molecule has 6 heteroatoms. The van der Waals surface area contributed by atoms with E-state index in [1.807, 2.05) is 42.5 Å². The molecule has 0 saturated carbocycles. The molecule has 0 bridgehead atoms. The minimum Gasteiger partial charge on any atom is -0.478 e. The van der Waals surface area contributed by atoms with Gasteiger partial charge in [0, 0.05) is 9.75 Å². The van der Waals surface area contributed by atoms with E-state index in [9.17, 15) is 10.1 Å². The Bertz CT molecular complexity index is 1180. The van der Waals surface area contributed by atoms with Gasteiger partial charge in [-0.15, -0.1) is 22.7 Å². The zero-order valence-electron chi connectivity index (χ0n) is 13.9. The van der Waals surface area contributed by atoms with Gasteiger partial charge in [0.05, 0.1) is 21.4 Å². The number of carboxylic acid groups (broad SMARTS) is 1. The molecular weight excluding hydrogens is 376 g/mol. The molecule has 0 amide bonds. The van der Waals surface area contributed by atoms with E-state index < -0.39 is 5.97 Å². The van der Waals surface area contributed by atoms with Crippen LogP contribution in [0.15, 0.2) is 60.7 Å². The number of thiazole rings is 1. The van der Waals surface area contributed by atoms with Crippen molar-refractivity contribution >= 4 is 50.5 Å². The Balaban J connectivity index is 1.65. The molecule has 27 heavy (non-hydrogen) atoms. The molecule has 0 spiro atoms. The number of aromatic carboxylic acids is 1. The Morgan fingerprint density at radius 1 is 1.04 bits per heavy atom. The second kappa shape index (κ2) is 7.16. The smallest absolute Gasteiger partial charge is 0.335 e. The Hall–Kier alpha value is -3.27. The Morgan fingerprint density at radius 3 is 2.52 bits per heavy atom. The molecule has 0 aliphatic rings. The fourth-order valence-electron chi connectivity index (χ4n) is 2.63. The van der Waals surface area contributed by atoms with Crippen LogP contribution < -0.4 is 0 Å². The molecular formula is C21H12N2O2S2. The summed E-state index contributed by atoms with van der Waals surface area (Å²) in [5.41, 5.74) is 2.64. The number of fused-ring (bicyclic) bond motifs is 1. The van der Waals surface area contributed by atoms with Crippen LogP contribution in [0.1, 0.15) is 20.2 Å². The molecule has 130 valence electrons. The SMILES string of the molecule is N#C/C(=C\c1ccc(-c2ccc(C(=O)O)cc2)s1)c1nc2ccccc2s1. The van der Waals surface area contributed by atoms with Gasteiger partial charge in [-0.25, -0.2) is 9.78 Å².